The fraction of sp³-hybridized carbons (Fsp3) is 0.143. The van der Waals surface area contributed by atoms with E-state index in [9.17, 15) is 9.59 Å². The van der Waals surface area contributed by atoms with Crippen molar-refractivity contribution in [3.05, 3.63) is 84.3 Å². The lowest BCUT2D eigenvalue weighted by Gasteiger charge is -2.18. The smallest absolute Gasteiger partial charge is 0.321 e. The molecule has 0 unspecified atom stereocenters. The van der Waals surface area contributed by atoms with E-state index in [0.717, 1.165) is 5.56 Å². The van der Waals surface area contributed by atoms with Gasteiger partial charge in [-0.25, -0.2) is 9.78 Å². The first-order valence-corrected chi connectivity index (χ1v) is 8.98. The first-order valence-electron chi connectivity index (χ1n) is 8.98. The van der Waals surface area contributed by atoms with Crippen molar-refractivity contribution in [2.75, 3.05) is 23.3 Å². The van der Waals surface area contributed by atoms with E-state index in [0.29, 0.717) is 36.7 Å². The summed E-state index contributed by atoms with van der Waals surface area (Å²) in [7, 11) is 0. The van der Waals surface area contributed by atoms with Gasteiger partial charge in [-0.1, -0.05) is 30.3 Å². The summed E-state index contributed by atoms with van der Waals surface area (Å²) >= 11 is 0. The Morgan fingerprint density at radius 3 is 2.50 bits per heavy atom. The standard InChI is InChI=1S/C21H19N5O2/c27-20(17-8-10-22-11-9-17)24-18-6-7-19(23-14-18)26-13-12-25(21(26)28)15-16-4-2-1-3-5-16/h1-11,14H,12-13,15H2,(H,24,27). The summed E-state index contributed by atoms with van der Waals surface area (Å²) in [5.74, 6) is 0.339. The van der Waals surface area contributed by atoms with Gasteiger partial charge < -0.3 is 10.2 Å². The van der Waals surface area contributed by atoms with Gasteiger partial charge in [0.15, 0.2) is 0 Å². The van der Waals surface area contributed by atoms with Gasteiger partial charge in [-0.2, -0.15) is 0 Å². The van der Waals surface area contributed by atoms with Gasteiger partial charge in [-0.3, -0.25) is 14.7 Å². The topological polar surface area (TPSA) is 78.4 Å². The van der Waals surface area contributed by atoms with Crippen LogP contribution in [0.5, 0.6) is 0 Å². The molecular weight excluding hydrogens is 354 g/mol. The van der Waals surface area contributed by atoms with E-state index in [1.807, 2.05) is 30.3 Å². The molecule has 1 saturated heterocycles. The number of urea groups is 1. The van der Waals surface area contributed by atoms with E-state index < -0.39 is 0 Å². The molecule has 1 fully saturated rings. The minimum absolute atomic E-state index is 0.0649. The van der Waals surface area contributed by atoms with E-state index in [1.54, 1.807) is 52.7 Å². The van der Waals surface area contributed by atoms with Crippen LogP contribution in [0.2, 0.25) is 0 Å². The van der Waals surface area contributed by atoms with Gasteiger partial charge in [-0.05, 0) is 29.8 Å². The van der Waals surface area contributed by atoms with E-state index in [4.69, 9.17) is 0 Å². The van der Waals surface area contributed by atoms with Crippen LogP contribution in [0.4, 0.5) is 16.3 Å². The molecule has 1 N–H and O–H groups in total. The number of rotatable bonds is 5. The molecule has 3 aromatic rings. The maximum Gasteiger partial charge on any atom is 0.326 e. The highest BCUT2D eigenvalue weighted by Crippen LogP contribution is 2.21. The number of carbonyl (C=O) groups excluding carboxylic acids is 2. The quantitative estimate of drug-likeness (QED) is 0.745. The molecule has 1 aromatic carbocycles. The van der Waals surface area contributed by atoms with Crippen LogP contribution in [0.3, 0.4) is 0 Å². The second kappa shape index (κ2) is 7.87. The summed E-state index contributed by atoms with van der Waals surface area (Å²) in [4.78, 5) is 36.6. The second-order valence-electron chi connectivity index (χ2n) is 6.44. The van der Waals surface area contributed by atoms with Gasteiger partial charge in [0, 0.05) is 37.6 Å². The molecule has 4 rings (SSSR count). The number of hydrogen-bond acceptors (Lipinski definition) is 4. The Bertz CT molecular complexity index is 961. The molecule has 0 bridgehead atoms. The molecule has 3 amide bonds. The number of hydrogen-bond donors (Lipinski definition) is 1. The van der Waals surface area contributed by atoms with Gasteiger partial charge >= 0.3 is 6.03 Å². The Hall–Kier alpha value is -3.74. The number of aromatic nitrogens is 2. The fourth-order valence-corrected chi connectivity index (χ4v) is 3.07. The molecule has 0 aliphatic carbocycles. The molecule has 0 radical (unpaired) electrons. The third-order valence-corrected chi connectivity index (χ3v) is 4.54. The first-order chi connectivity index (χ1) is 13.7. The molecule has 2 aromatic heterocycles. The summed E-state index contributed by atoms with van der Waals surface area (Å²) in [6.07, 6.45) is 4.69. The SMILES string of the molecule is O=C(Nc1ccc(N2CCN(Cc3ccccc3)C2=O)nc1)c1ccncc1. The van der Waals surface area contributed by atoms with Crippen LogP contribution in [-0.2, 0) is 6.54 Å². The zero-order valence-electron chi connectivity index (χ0n) is 15.2. The highest BCUT2D eigenvalue weighted by atomic mass is 16.2. The lowest BCUT2D eigenvalue weighted by atomic mass is 10.2. The molecule has 140 valence electrons. The van der Waals surface area contributed by atoms with Gasteiger partial charge in [0.1, 0.15) is 5.82 Å². The minimum atomic E-state index is -0.233. The molecule has 3 heterocycles. The largest absolute Gasteiger partial charge is 0.326 e. The van der Waals surface area contributed by atoms with Crippen molar-refractivity contribution < 1.29 is 9.59 Å². The van der Waals surface area contributed by atoms with Gasteiger partial charge in [0.05, 0.1) is 11.9 Å². The maximum absolute atomic E-state index is 12.7. The van der Waals surface area contributed by atoms with Gasteiger partial charge in [0.25, 0.3) is 5.91 Å². The third kappa shape index (κ3) is 3.83. The number of amides is 3. The Morgan fingerprint density at radius 1 is 1.00 bits per heavy atom. The fourth-order valence-electron chi connectivity index (χ4n) is 3.07. The van der Waals surface area contributed by atoms with E-state index in [1.165, 1.54) is 0 Å². The summed E-state index contributed by atoms with van der Waals surface area (Å²) in [6, 6.07) is 16.6. The Kier molecular flexibility index (Phi) is 4.97. The Labute approximate surface area is 162 Å². The van der Waals surface area contributed by atoms with E-state index >= 15 is 0 Å². The number of nitrogens with zero attached hydrogens (tertiary/aromatic N) is 4. The number of nitrogens with one attached hydrogen (secondary N) is 1. The highest BCUT2D eigenvalue weighted by Gasteiger charge is 2.30. The molecule has 0 atom stereocenters. The third-order valence-electron chi connectivity index (χ3n) is 4.54. The Balaban J connectivity index is 1.40. The van der Waals surface area contributed by atoms with Crippen molar-refractivity contribution in [1.29, 1.82) is 0 Å². The summed E-state index contributed by atoms with van der Waals surface area (Å²) in [5, 5.41) is 2.79. The lowest BCUT2D eigenvalue weighted by Crippen LogP contribution is -2.31. The van der Waals surface area contributed by atoms with Crippen LogP contribution in [0.25, 0.3) is 0 Å². The van der Waals surface area contributed by atoms with Gasteiger partial charge in [0.2, 0.25) is 0 Å². The molecule has 1 aliphatic heterocycles. The summed E-state index contributed by atoms with van der Waals surface area (Å²) in [6.45, 7) is 1.81. The van der Waals surface area contributed by atoms with Crippen molar-refractivity contribution >= 4 is 23.4 Å². The molecular formula is C21H19N5O2. The second-order valence-corrected chi connectivity index (χ2v) is 6.44. The van der Waals surface area contributed by atoms with Crippen LogP contribution in [0, 0.1) is 0 Å². The van der Waals surface area contributed by atoms with Gasteiger partial charge in [-0.15, -0.1) is 0 Å². The minimum Gasteiger partial charge on any atom is -0.321 e. The monoisotopic (exact) mass is 373 g/mol. The predicted molar refractivity (Wildman–Crippen MR) is 106 cm³/mol. The van der Waals surface area contributed by atoms with Crippen LogP contribution >= 0.6 is 0 Å². The first kappa shape index (κ1) is 17.7. The molecule has 28 heavy (non-hydrogen) atoms. The lowest BCUT2D eigenvalue weighted by molar-refractivity contribution is 0.102. The Morgan fingerprint density at radius 2 is 1.79 bits per heavy atom. The van der Waals surface area contributed by atoms with Crippen molar-refractivity contribution in [3.63, 3.8) is 0 Å². The van der Waals surface area contributed by atoms with Crippen LogP contribution in [0.15, 0.2) is 73.2 Å². The molecule has 7 nitrogen and oxygen atoms in total. The van der Waals surface area contributed by atoms with Crippen molar-refractivity contribution in [2.24, 2.45) is 0 Å². The van der Waals surface area contributed by atoms with Crippen LogP contribution in [-0.4, -0.2) is 39.9 Å². The number of anilines is 2. The maximum atomic E-state index is 12.7. The number of pyridine rings is 2. The average molecular weight is 373 g/mol. The van der Waals surface area contributed by atoms with Crippen molar-refractivity contribution in [3.8, 4) is 0 Å². The van der Waals surface area contributed by atoms with Crippen molar-refractivity contribution in [1.82, 2.24) is 14.9 Å². The number of carbonyl (C=O) groups is 2. The van der Waals surface area contributed by atoms with Crippen LogP contribution in [0.1, 0.15) is 15.9 Å². The van der Waals surface area contributed by atoms with Crippen molar-refractivity contribution in [2.45, 2.75) is 6.54 Å². The zero-order chi connectivity index (χ0) is 19.3. The molecule has 7 heteroatoms. The number of benzene rings is 1. The normalized spacial score (nSPS) is 13.6. The average Bonchev–Trinajstić information content (AvgIpc) is 3.10. The highest BCUT2D eigenvalue weighted by molar-refractivity contribution is 6.04. The zero-order valence-corrected chi connectivity index (χ0v) is 15.2. The van der Waals surface area contributed by atoms with E-state index in [2.05, 4.69) is 15.3 Å². The van der Waals surface area contributed by atoms with Crippen LogP contribution < -0.4 is 10.2 Å². The van der Waals surface area contributed by atoms with E-state index in [-0.39, 0.29) is 11.9 Å². The summed E-state index contributed by atoms with van der Waals surface area (Å²) < 4.78 is 0. The predicted octanol–water partition coefficient (Wildman–Crippen LogP) is 3.17. The molecule has 0 spiro atoms. The molecule has 0 saturated carbocycles. The summed E-state index contributed by atoms with van der Waals surface area (Å²) in [5.41, 5.74) is 2.18. The molecule has 1 aliphatic rings.